The van der Waals surface area contributed by atoms with Crippen LogP contribution in [0.4, 0.5) is 0 Å². The maximum absolute atomic E-state index is 4.45. The van der Waals surface area contributed by atoms with Crippen LogP contribution >= 0.6 is 0 Å². The lowest BCUT2D eigenvalue weighted by atomic mass is 9.94. The molecule has 1 atom stereocenters. The summed E-state index contributed by atoms with van der Waals surface area (Å²) < 4.78 is 2.06. The molecule has 5 heteroatoms. The largest absolute Gasteiger partial charge is 0.314 e. The molecule has 1 fully saturated rings. The van der Waals surface area contributed by atoms with Crippen LogP contribution in [0.1, 0.15) is 39.9 Å². The maximum Gasteiger partial charge on any atom is 0.141 e. The zero-order chi connectivity index (χ0) is 13.9. The molecule has 0 spiro atoms. The highest BCUT2D eigenvalue weighted by molar-refractivity contribution is 4.95. The van der Waals surface area contributed by atoms with E-state index in [1.807, 2.05) is 0 Å². The van der Waals surface area contributed by atoms with E-state index in [9.17, 15) is 0 Å². The third-order valence-electron chi connectivity index (χ3n) is 4.16. The van der Waals surface area contributed by atoms with Crippen molar-refractivity contribution in [2.45, 2.75) is 52.7 Å². The number of aromatic nitrogens is 3. The van der Waals surface area contributed by atoms with Crippen molar-refractivity contribution in [1.29, 1.82) is 0 Å². The van der Waals surface area contributed by atoms with Crippen LogP contribution in [0.5, 0.6) is 0 Å². The molecule has 1 N–H and O–H groups in total. The minimum Gasteiger partial charge on any atom is -0.314 e. The predicted molar refractivity (Wildman–Crippen MR) is 76.8 cm³/mol. The molecule has 2 heterocycles. The van der Waals surface area contributed by atoms with E-state index in [0.29, 0.717) is 5.92 Å². The van der Waals surface area contributed by atoms with E-state index in [1.165, 1.54) is 0 Å². The monoisotopic (exact) mass is 265 g/mol. The lowest BCUT2D eigenvalue weighted by Crippen LogP contribution is -2.58. The van der Waals surface area contributed by atoms with E-state index in [2.05, 4.69) is 52.7 Å². The Balaban J connectivity index is 2.09. The van der Waals surface area contributed by atoms with Gasteiger partial charge < -0.3 is 5.32 Å². The molecule has 108 valence electrons. The Morgan fingerprint density at radius 3 is 2.95 bits per heavy atom. The van der Waals surface area contributed by atoms with Gasteiger partial charge >= 0.3 is 0 Å². The van der Waals surface area contributed by atoms with Gasteiger partial charge in [-0.1, -0.05) is 20.8 Å². The first kappa shape index (κ1) is 14.5. The lowest BCUT2D eigenvalue weighted by molar-refractivity contribution is 0.0596. The van der Waals surface area contributed by atoms with Crippen molar-refractivity contribution in [3.8, 4) is 0 Å². The summed E-state index contributed by atoms with van der Waals surface area (Å²) in [6.45, 7) is 14.1. The normalized spacial score (nSPS) is 25.1. The molecule has 1 aromatic heterocycles. The van der Waals surface area contributed by atoms with Crippen LogP contribution in [-0.4, -0.2) is 44.8 Å². The summed E-state index contributed by atoms with van der Waals surface area (Å²) in [5, 5.41) is 7.86. The summed E-state index contributed by atoms with van der Waals surface area (Å²) in [4.78, 5) is 7.00. The molecule has 0 bridgehead atoms. The first-order valence-electron chi connectivity index (χ1n) is 7.37. The average molecular weight is 265 g/mol. The maximum atomic E-state index is 4.45. The van der Waals surface area contributed by atoms with Crippen LogP contribution < -0.4 is 5.32 Å². The topological polar surface area (TPSA) is 46.0 Å². The van der Waals surface area contributed by atoms with Gasteiger partial charge in [-0.2, -0.15) is 5.10 Å². The second-order valence-corrected chi connectivity index (χ2v) is 6.20. The number of hydrogen-bond acceptors (Lipinski definition) is 4. The van der Waals surface area contributed by atoms with E-state index in [-0.39, 0.29) is 5.54 Å². The summed E-state index contributed by atoms with van der Waals surface area (Å²) in [6, 6.07) is 0. The molecule has 1 aromatic rings. The van der Waals surface area contributed by atoms with Crippen LogP contribution in [0.25, 0.3) is 0 Å². The third kappa shape index (κ3) is 3.34. The van der Waals surface area contributed by atoms with Gasteiger partial charge in [-0.05, 0) is 19.3 Å². The predicted octanol–water partition coefficient (Wildman–Crippen LogP) is 1.51. The SMILES string of the molecule is CCC1(C)CNCCN1Cc1ncnn1CC(C)C. The second kappa shape index (κ2) is 6.01. The molecule has 1 saturated heterocycles. The van der Waals surface area contributed by atoms with E-state index < -0.39 is 0 Å². The number of rotatable bonds is 5. The summed E-state index contributed by atoms with van der Waals surface area (Å²) in [7, 11) is 0. The zero-order valence-corrected chi connectivity index (χ0v) is 12.7. The molecule has 0 aliphatic carbocycles. The first-order chi connectivity index (χ1) is 9.05. The van der Waals surface area contributed by atoms with Crippen molar-refractivity contribution in [3.05, 3.63) is 12.2 Å². The van der Waals surface area contributed by atoms with Gasteiger partial charge in [0.15, 0.2) is 0 Å². The standard InChI is InChI=1S/C14H27N5/c1-5-14(4)10-15-6-7-18(14)9-13-16-11-17-19(13)8-12(2)3/h11-12,15H,5-10H2,1-4H3. The molecule has 1 aliphatic rings. The summed E-state index contributed by atoms with van der Waals surface area (Å²) in [6.07, 6.45) is 2.83. The Bertz CT molecular complexity index is 400. The van der Waals surface area contributed by atoms with Crippen molar-refractivity contribution >= 4 is 0 Å². The van der Waals surface area contributed by atoms with E-state index >= 15 is 0 Å². The Morgan fingerprint density at radius 1 is 1.47 bits per heavy atom. The van der Waals surface area contributed by atoms with Gasteiger partial charge in [0.1, 0.15) is 12.2 Å². The molecule has 1 unspecified atom stereocenters. The molecule has 1 aliphatic heterocycles. The molecule has 0 amide bonds. The second-order valence-electron chi connectivity index (χ2n) is 6.20. The van der Waals surface area contributed by atoms with Gasteiger partial charge in [-0.3, -0.25) is 4.90 Å². The van der Waals surface area contributed by atoms with Crippen molar-refractivity contribution in [2.75, 3.05) is 19.6 Å². The van der Waals surface area contributed by atoms with Gasteiger partial charge in [0, 0.05) is 31.7 Å². The van der Waals surface area contributed by atoms with Gasteiger partial charge in [0.05, 0.1) is 6.54 Å². The average Bonchev–Trinajstić information content (AvgIpc) is 2.79. The zero-order valence-electron chi connectivity index (χ0n) is 12.7. The van der Waals surface area contributed by atoms with E-state index in [1.54, 1.807) is 6.33 Å². The number of nitrogens with zero attached hydrogens (tertiary/aromatic N) is 4. The highest BCUT2D eigenvalue weighted by atomic mass is 15.4. The van der Waals surface area contributed by atoms with E-state index in [4.69, 9.17) is 0 Å². The third-order valence-corrected chi connectivity index (χ3v) is 4.16. The van der Waals surface area contributed by atoms with Crippen LogP contribution in [-0.2, 0) is 13.1 Å². The van der Waals surface area contributed by atoms with Crippen LogP contribution in [0, 0.1) is 5.92 Å². The van der Waals surface area contributed by atoms with Crippen LogP contribution in [0.2, 0.25) is 0 Å². The molecule has 5 nitrogen and oxygen atoms in total. The fourth-order valence-corrected chi connectivity index (χ4v) is 2.65. The Morgan fingerprint density at radius 2 is 2.26 bits per heavy atom. The molecule has 19 heavy (non-hydrogen) atoms. The first-order valence-corrected chi connectivity index (χ1v) is 7.37. The Kier molecular flexibility index (Phi) is 4.58. The number of nitrogens with one attached hydrogen (secondary N) is 1. The quantitative estimate of drug-likeness (QED) is 0.876. The fourth-order valence-electron chi connectivity index (χ4n) is 2.65. The highest BCUT2D eigenvalue weighted by Gasteiger charge is 2.33. The van der Waals surface area contributed by atoms with Gasteiger partial charge in [0.25, 0.3) is 0 Å². The summed E-state index contributed by atoms with van der Waals surface area (Å²) in [5.41, 5.74) is 0.229. The van der Waals surface area contributed by atoms with Crippen molar-refractivity contribution < 1.29 is 0 Å². The molecular weight excluding hydrogens is 238 g/mol. The van der Waals surface area contributed by atoms with Crippen LogP contribution in [0.15, 0.2) is 6.33 Å². The molecule has 2 rings (SSSR count). The van der Waals surface area contributed by atoms with Gasteiger partial charge in [0.2, 0.25) is 0 Å². The number of piperazine rings is 1. The Hall–Kier alpha value is -0.940. The molecule has 0 radical (unpaired) electrons. The van der Waals surface area contributed by atoms with Crippen molar-refractivity contribution in [3.63, 3.8) is 0 Å². The highest BCUT2D eigenvalue weighted by Crippen LogP contribution is 2.22. The Labute approximate surface area is 116 Å². The molecule has 0 saturated carbocycles. The summed E-state index contributed by atoms with van der Waals surface area (Å²) >= 11 is 0. The molecule has 0 aromatic carbocycles. The number of hydrogen-bond donors (Lipinski definition) is 1. The minimum atomic E-state index is 0.229. The lowest BCUT2D eigenvalue weighted by Gasteiger charge is -2.44. The van der Waals surface area contributed by atoms with Crippen molar-refractivity contribution in [2.24, 2.45) is 5.92 Å². The summed E-state index contributed by atoms with van der Waals surface area (Å²) in [5.74, 6) is 1.69. The van der Waals surface area contributed by atoms with Crippen molar-refractivity contribution in [1.82, 2.24) is 25.0 Å². The molecular formula is C14H27N5. The van der Waals surface area contributed by atoms with Gasteiger partial charge in [-0.25, -0.2) is 9.67 Å². The smallest absolute Gasteiger partial charge is 0.141 e. The van der Waals surface area contributed by atoms with Crippen LogP contribution in [0.3, 0.4) is 0 Å². The van der Waals surface area contributed by atoms with Gasteiger partial charge in [-0.15, -0.1) is 0 Å². The van der Waals surface area contributed by atoms with E-state index in [0.717, 1.165) is 45.0 Å². The fraction of sp³-hybridized carbons (Fsp3) is 0.857. The minimum absolute atomic E-state index is 0.229.